The van der Waals surface area contributed by atoms with E-state index >= 15 is 0 Å². The Balaban J connectivity index is 1.23. The van der Waals surface area contributed by atoms with Crippen molar-refractivity contribution in [1.29, 1.82) is 0 Å². The van der Waals surface area contributed by atoms with Crippen LogP contribution in [0.2, 0.25) is 0 Å². The lowest BCUT2D eigenvalue weighted by Crippen LogP contribution is -2.08. The Labute approximate surface area is 371 Å². The minimum Gasteiger partial charge on any atom is -0.308 e. The number of rotatable bonds is 7. The van der Waals surface area contributed by atoms with E-state index in [0.717, 1.165) is 83.5 Å². The van der Waals surface area contributed by atoms with Crippen LogP contribution in [0.4, 0.5) is 0 Å². The average molecular weight is 820 g/mol. The Morgan fingerprint density at radius 3 is 0.922 bits per heavy atom. The van der Waals surface area contributed by atoms with Crippen LogP contribution >= 0.6 is 0 Å². The number of hydrogen-bond acceptors (Lipinski definition) is 3. The summed E-state index contributed by atoms with van der Waals surface area (Å²) in [6.07, 6.45) is 0. The first-order valence-corrected chi connectivity index (χ1v) is 21.8. The van der Waals surface area contributed by atoms with Crippen molar-refractivity contribution in [3.63, 3.8) is 0 Å². The Bertz CT molecular complexity index is 3400. The predicted octanol–water partition coefficient (Wildman–Crippen LogP) is 15.0. The second-order valence-electron chi connectivity index (χ2n) is 16.6. The number of aryl methyl sites for hydroxylation is 2. The van der Waals surface area contributed by atoms with E-state index in [0.29, 0.717) is 17.5 Å². The van der Waals surface area contributed by atoms with E-state index in [1.807, 2.05) is 18.2 Å². The fourth-order valence-corrected chi connectivity index (χ4v) is 9.72. The maximum atomic E-state index is 5.66. The topological polar surface area (TPSA) is 48.5 Å². The third kappa shape index (κ3) is 6.12. The van der Waals surface area contributed by atoms with Gasteiger partial charge >= 0.3 is 0 Å². The zero-order chi connectivity index (χ0) is 42.7. The van der Waals surface area contributed by atoms with Crippen molar-refractivity contribution in [3.05, 3.63) is 223 Å². The quantitative estimate of drug-likeness (QED) is 0.161. The van der Waals surface area contributed by atoms with Crippen LogP contribution in [0.25, 0.3) is 111 Å². The van der Waals surface area contributed by atoms with Crippen LogP contribution < -0.4 is 0 Å². The van der Waals surface area contributed by atoms with Gasteiger partial charge in [0.1, 0.15) is 0 Å². The molecule has 0 atom stereocenters. The highest BCUT2D eigenvalue weighted by Gasteiger charge is 2.26. The van der Waals surface area contributed by atoms with Gasteiger partial charge in [-0.1, -0.05) is 164 Å². The van der Waals surface area contributed by atoms with Crippen molar-refractivity contribution in [1.82, 2.24) is 24.1 Å². The Kier molecular flexibility index (Phi) is 8.87. The van der Waals surface area contributed by atoms with Crippen LogP contribution in [0.1, 0.15) is 11.1 Å². The molecule has 0 saturated carbocycles. The van der Waals surface area contributed by atoms with Crippen LogP contribution in [-0.4, -0.2) is 24.1 Å². The van der Waals surface area contributed by atoms with E-state index in [4.69, 9.17) is 15.0 Å². The summed E-state index contributed by atoms with van der Waals surface area (Å²) in [6, 6.07) is 75.5. The van der Waals surface area contributed by atoms with E-state index in [-0.39, 0.29) is 0 Å². The number of hydrogen-bond donors (Lipinski definition) is 0. The van der Waals surface area contributed by atoms with E-state index in [9.17, 15) is 0 Å². The van der Waals surface area contributed by atoms with Crippen LogP contribution in [-0.2, 0) is 0 Å². The van der Waals surface area contributed by atoms with E-state index in [1.165, 1.54) is 21.5 Å². The summed E-state index contributed by atoms with van der Waals surface area (Å²) in [4.78, 5) is 16.6. The van der Waals surface area contributed by atoms with Gasteiger partial charge < -0.3 is 9.13 Å². The van der Waals surface area contributed by atoms with Gasteiger partial charge in [0.15, 0.2) is 17.5 Å². The highest BCUT2D eigenvalue weighted by Crippen LogP contribution is 2.44. The molecule has 9 aromatic carbocycles. The molecule has 302 valence electrons. The highest BCUT2D eigenvalue weighted by atomic mass is 15.1. The standard InChI is InChI=1S/C59H41N5/c1-38-34-47(40-20-6-3-7-21-40)55(63-51-30-16-12-26-43(51)44-27-13-17-31-52(44)63)49(36-38)58-60-57(42-24-10-5-11-25-42)61-59(62-58)50-37-39(2)35-48(41-22-8-4-9-23-41)56(50)64-53-32-18-14-28-45(53)46-29-15-19-33-54(46)64/h3-37H,1-2H3. The monoisotopic (exact) mass is 819 g/mol. The molecule has 0 saturated heterocycles. The lowest BCUT2D eigenvalue weighted by Gasteiger charge is -2.21. The summed E-state index contributed by atoms with van der Waals surface area (Å²) in [5, 5.41) is 4.76. The van der Waals surface area contributed by atoms with Gasteiger partial charge in [-0.3, -0.25) is 0 Å². The molecule has 0 radical (unpaired) electrons. The first-order chi connectivity index (χ1) is 31.6. The molecule has 5 heteroatoms. The molecule has 0 spiro atoms. The van der Waals surface area contributed by atoms with E-state index < -0.39 is 0 Å². The third-order valence-electron chi connectivity index (χ3n) is 12.4. The van der Waals surface area contributed by atoms with Gasteiger partial charge in [-0.05, 0) is 84.6 Å². The summed E-state index contributed by atoms with van der Waals surface area (Å²) in [5.74, 6) is 1.79. The van der Waals surface area contributed by atoms with Crippen LogP contribution in [0.5, 0.6) is 0 Å². The number of aromatic nitrogens is 5. The second kappa shape index (κ2) is 15.2. The normalized spacial score (nSPS) is 11.6. The van der Waals surface area contributed by atoms with E-state index in [2.05, 4.69) is 217 Å². The molecule has 0 aliphatic heterocycles. The van der Waals surface area contributed by atoms with Gasteiger partial charge in [0.05, 0.1) is 33.4 Å². The van der Waals surface area contributed by atoms with Gasteiger partial charge in [0.2, 0.25) is 0 Å². The first-order valence-electron chi connectivity index (χ1n) is 21.8. The van der Waals surface area contributed by atoms with Gasteiger partial charge in [0.25, 0.3) is 0 Å². The lowest BCUT2D eigenvalue weighted by molar-refractivity contribution is 1.05. The Morgan fingerprint density at radius 2 is 0.562 bits per heavy atom. The molecule has 0 amide bonds. The largest absolute Gasteiger partial charge is 0.308 e. The van der Waals surface area contributed by atoms with Crippen molar-refractivity contribution >= 4 is 43.6 Å². The molecular weight excluding hydrogens is 779 g/mol. The van der Waals surface area contributed by atoms with E-state index in [1.54, 1.807) is 0 Å². The molecule has 0 N–H and O–H groups in total. The summed E-state index contributed by atoms with van der Waals surface area (Å²) in [7, 11) is 0. The van der Waals surface area contributed by atoms with Gasteiger partial charge in [0, 0.05) is 49.4 Å². The van der Waals surface area contributed by atoms with Gasteiger partial charge in [-0.2, -0.15) is 0 Å². The molecule has 12 aromatic rings. The van der Waals surface area contributed by atoms with Crippen molar-refractivity contribution in [3.8, 4) is 67.8 Å². The molecule has 0 fully saturated rings. The Hall–Kier alpha value is -8.41. The predicted molar refractivity (Wildman–Crippen MR) is 265 cm³/mol. The smallest absolute Gasteiger partial charge is 0.166 e. The molecular formula is C59H41N5. The van der Waals surface area contributed by atoms with Crippen molar-refractivity contribution in [2.24, 2.45) is 0 Å². The summed E-state index contributed by atoms with van der Waals surface area (Å²) in [6.45, 7) is 4.33. The molecule has 3 heterocycles. The number of para-hydroxylation sites is 4. The maximum absolute atomic E-state index is 5.66. The summed E-state index contributed by atoms with van der Waals surface area (Å²) >= 11 is 0. The summed E-state index contributed by atoms with van der Waals surface area (Å²) < 4.78 is 4.83. The molecule has 0 aliphatic rings. The number of benzene rings is 9. The molecule has 3 aromatic heterocycles. The van der Waals surface area contributed by atoms with Gasteiger partial charge in [-0.25, -0.2) is 15.0 Å². The molecule has 5 nitrogen and oxygen atoms in total. The number of nitrogens with zero attached hydrogens (tertiary/aromatic N) is 5. The zero-order valence-corrected chi connectivity index (χ0v) is 35.4. The van der Waals surface area contributed by atoms with Crippen LogP contribution in [0.15, 0.2) is 212 Å². The lowest BCUT2D eigenvalue weighted by atomic mass is 9.95. The first kappa shape index (κ1) is 37.4. The molecule has 12 rings (SSSR count). The molecule has 0 aliphatic carbocycles. The van der Waals surface area contributed by atoms with Crippen LogP contribution in [0, 0.1) is 13.8 Å². The molecule has 0 bridgehead atoms. The average Bonchev–Trinajstić information content (AvgIpc) is 3.87. The zero-order valence-electron chi connectivity index (χ0n) is 35.4. The number of fused-ring (bicyclic) bond motifs is 6. The maximum Gasteiger partial charge on any atom is 0.166 e. The highest BCUT2D eigenvalue weighted by molar-refractivity contribution is 6.12. The SMILES string of the molecule is Cc1cc(-c2ccccc2)c(-n2c3ccccc3c3ccccc32)c(-c2nc(-c3ccccc3)nc(-c3cc(C)cc(-c4ccccc4)c3-n3c4ccccc4c4ccccc43)n2)c1. The fraction of sp³-hybridized carbons (Fsp3) is 0.0339. The third-order valence-corrected chi connectivity index (χ3v) is 12.4. The van der Waals surface area contributed by atoms with Crippen molar-refractivity contribution < 1.29 is 0 Å². The van der Waals surface area contributed by atoms with Crippen LogP contribution in [0.3, 0.4) is 0 Å². The fourth-order valence-electron chi connectivity index (χ4n) is 9.72. The van der Waals surface area contributed by atoms with Crippen molar-refractivity contribution in [2.45, 2.75) is 13.8 Å². The van der Waals surface area contributed by atoms with Gasteiger partial charge in [-0.15, -0.1) is 0 Å². The Morgan fingerprint density at radius 1 is 0.281 bits per heavy atom. The molecule has 0 unspecified atom stereocenters. The minimum absolute atomic E-state index is 0.595. The summed E-state index contributed by atoms with van der Waals surface area (Å²) in [5.41, 5.74) is 15.9. The van der Waals surface area contributed by atoms with Crippen molar-refractivity contribution in [2.75, 3.05) is 0 Å². The minimum atomic E-state index is 0.595. The molecule has 64 heavy (non-hydrogen) atoms. The second-order valence-corrected chi connectivity index (χ2v) is 16.6.